The molecule has 0 aromatic rings. The van der Waals surface area contributed by atoms with Crippen LogP contribution >= 0.6 is 27.7 Å². The minimum Gasteiger partial charge on any atom is -0.456 e. The van der Waals surface area contributed by atoms with Crippen molar-refractivity contribution in [2.75, 3.05) is 5.75 Å². The van der Waals surface area contributed by atoms with Crippen molar-refractivity contribution >= 4 is 50.7 Å². The molecule has 0 N–H and O–H groups in total. The predicted molar refractivity (Wildman–Crippen MR) is 87.4 cm³/mol. The highest BCUT2D eigenvalue weighted by molar-refractivity contribution is 9.09. The van der Waals surface area contributed by atoms with E-state index < -0.39 is 47.3 Å². The summed E-state index contributed by atoms with van der Waals surface area (Å²) in [6, 6.07) is 0. The van der Waals surface area contributed by atoms with Gasteiger partial charge in [0, 0.05) is 33.4 Å². The Morgan fingerprint density at radius 1 is 0.875 bits per heavy atom. The first kappa shape index (κ1) is 20.9. The van der Waals surface area contributed by atoms with Crippen LogP contribution in [0.2, 0.25) is 0 Å². The lowest BCUT2D eigenvalue weighted by molar-refractivity contribution is -0.227. The number of halogens is 1. The van der Waals surface area contributed by atoms with Crippen LogP contribution in [-0.4, -0.2) is 58.2 Å². The maximum absolute atomic E-state index is 11.4. The van der Waals surface area contributed by atoms with Gasteiger partial charge in [-0.2, -0.15) is 0 Å². The van der Waals surface area contributed by atoms with Crippen molar-refractivity contribution in [2.45, 2.75) is 57.1 Å². The number of carbonyl (C=O) groups is 4. The number of esters is 3. The van der Waals surface area contributed by atoms with E-state index in [-0.39, 0.29) is 10.9 Å². The topological polar surface area (TPSA) is 105 Å². The van der Waals surface area contributed by atoms with Crippen LogP contribution in [0.25, 0.3) is 0 Å². The Morgan fingerprint density at radius 2 is 1.33 bits per heavy atom. The van der Waals surface area contributed by atoms with Gasteiger partial charge in [0.25, 0.3) is 0 Å². The zero-order valence-electron chi connectivity index (χ0n) is 13.6. The fourth-order valence-corrected chi connectivity index (χ4v) is 3.53. The third-order valence-electron chi connectivity index (χ3n) is 2.93. The summed E-state index contributed by atoms with van der Waals surface area (Å²) in [6.07, 6.45) is -3.82. The fraction of sp³-hybridized carbons (Fsp3) is 0.714. The Hall–Kier alpha value is -1.13. The second kappa shape index (κ2) is 9.38. The summed E-state index contributed by atoms with van der Waals surface area (Å²) in [7, 11) is 0. The highest BCUT2D eigenvalue weighted by Crippen LogP contribution is 2.32. The molecule has 0 spiro atoms. The Balaban J connectivity index is 3.11. The lowest BCUT2D eigenvalue weighted by atomic mass is 10.00. The number of hydrogen-bond donors (Lipinski definition) is 0. The molecule has 1 rings (SSSR count). The molecule has 24 heavy (non-hydrogen) atoms. The van der Waals surface area contributed by atoms with Gasteiger partial charge in [0.1, 0.15) is 6.10 Å². The van der Waals surface area contributed by atoms with E-state index in [1.54, 1.807) is 0 Å². The van der Waals surface area contributed by atoms with E-state index in [0.717, 1.165) is 11.8 Å². The molecule has 136 valence electrons. The van der Waals surface area contributed by atoms with Crippen LogP contribution in [0.5, 0.6) is 0 Å². The zero-order valence-corrected chi connectivity index (χ0v) is 16.0. The summed E-state index contributed by atoms with van der Waals surface area (Å²) < 4.78 is 21.3. The van der Waals surface area contributed by atoms with Gasteiger partial charge >= 0.3 is 17.9 Å². The van der Waals surface area contributed by atoms with Gasteiger partial charge in [0.2, 0.25) is 0 Å². The Kier molecular flexibility index (Phi) is 8.17. The minimum absolute atomic E-state index is 0.141. The lowest BCUT2D eigenvalue weighted by Crippen LogP contribution is -2.60. The lowest BCUT2D eigenvalue weighted by Gasteiger charge is -2.42. The molecule has 0 aliphatic carbocycles. The van der Waals surface area contributed by atoms with Crippen molar-refractivity contribution in [1.29, 1.82) is 0 Å². The molecular formula is C14H19BrO8S. The van der Waals surface area contributed by atoms with Crippen LogP contribution in [0, 0.1) is 0 Å². The molecule has 0 saturated carbocycles. The van der Waals surface area contributed by atoms with Crippen molar-refractivity contribution in [2.24, 2.45) is 0 Å². The molecule has 1 fully saturated rings. The number of ether oxygens (including phenoxy) is 4. The molecule has 0 aromatic heterocycles. The van der Waals surface area contributed by atoms with Gasteiger partial charge in [0.15, 0.2) is 28.4 Å². The molecule has 10 heteroatoms. The third-order valence-corrected chi connectivity index (χ3v) is 4.57. The normalized spacial score (nSPS) is 29.5. The number of alkyl halides is 1. The molecule has 0 unspecified atom stereocenters. The molecular weight excluding hydrogens is 408 g/mol. The summed E-state index contributed by atoms with van der Waals surface area (Å²) in [6.45, 7) is 4.98. The van der Waals surface area contributed by atoms with Crippen LogP contribution in [0.1, 0.15) is 27.7 Å². The van der Waals surface area contributed by atoms with Gasteiger partial charge in [-0.3, -0.25) is 19.2 Å². The van der Waals surface area contributed by atoms with Crippen LogP contribution in [0.15, 0.2) is 0 Å². The van der Waals surface area contributed by atoms with Gasteiger partial charge in [-0.15, -0.1) is 0 Å². The fourth-order valence-electron chi connectivity index (χ4n) is 2.18. The number of rotatable bonds is 5. The van der Waals surface area contributed by atoms with E-state index in [1.165, 1.54) is 27.7 Å². The molecule has 0 bridgehead atoms. The van der Waals surface area contributed by atoms with Crippen molar-refractivity contribution < 1.29 is 38.1 Å². The van der Waals surface area contributed by atoms with Crippen molar-refractivity contribution in [3.63, 3.8) is 0 Å². The summed E-state index contributed by atoms with van der Waals surface area (Å²) in [5.41, 5.74) is 0. The summed E-state index contributed by atoms with van der Waals surface area (Å²) in [5.74, 6) is -1.68. The molecule has 1 heterocycles. The average molecular weight is 427 g/mol. The Morgan fingerprint density at radius 3 is 1.79 bits per heavy atom. The van der Waals surface area contributed by atoms with Crippen LogP contribution in [0.4, 0.5) is 0 Å². The van der Waals surface area contributed by atoms with Crippen LogP contribution in [0.3, 0.4) is 0 Å². The zero-order chi connectivity index (χ0) is 18.4. The maximum atomic E-state index is 11.4. The average Bonchev–Trinajstić information content (AvgIpc) is 2.42. The van der Waals surface area contributed by atoms with Crippen molar-refractivity contribution in [3.05, 3.63) is 0 Å². The third kappa shape index (κ3) is 6.40. The van der Waals surface area contributed by atoms with E-state index in [4.69, 9.17) is 18.9 Å². The molecule has 8 nitrogen and oxygen atoms in total. The highest BCUT2D eigenvalue weighted by Gasteiger charge is 2.50. The first-order valence-corrected chi connectivity index (χ1v) is 8.96. The maximum Gasteiger partial charge on any atom is 0.303 e. The molecule has 1 aliphatic heterocycles. The van der Waals surface area contributed by atoms with Gasteiger partial charge in [-0.05, 0) is 0 Å². The quantitative estimate of drug-likeness (QED) is 0.363. The number of carbonyl (C=O) groups excluding carboxylic acids is 4. The minimum atomic E-state index is -1.06. The monoisotopic (exact) mass is 426 g/mol. The number of hydrogen-bond acceptors (Lipinski definition) is 9. The van der Waals surface area contributed by atoms with E-state index in [1.807, 2.05) is 0 Å². The Labute approximate surface area is 152 Å². The first-order valence-electron chi connectivity index (χ1n) is 7.06. The predicted octanol–water partition coefficient (Wildman–Crippen LogP) is 1.18. The SMILES string of the molecule is CC(=O)O[C@@H]1[C@@H](OC(C)=O)[C@H](Br)O[C@H](CSC(C)=O)[C@@H]1OC(C)=O. The van der Waals surface area contributed by atoms with Crippen molar-refractivity contribution in [3.8, 4) is 0 Å². The van der Waals surface area contributed by atoms with Gasteiger partial charge in [0.05, 0.1) is 0 Å². The van der Waals surface area contributed by atoms with Crippen LogP contribution < -0.4 is 0 Å². The first-order chi connectivity index (χ1) is 11.1. The molecule has 0 amide bonds. The highest BCUT2D eigenvalue weighted by atomic mass is 79.9. The van der Waals surface area contributed by atoms with E-state index in [2.05, 4.69) is 15.9 Å². The summed E-state index contributed by atoms with van der Waals surface area (Å²) in [4.78, 5) is 45.4. The number of thioether (sulfide) groups is 1. The Bertz CT molecular complexity index is 511. The second-order valence-corrected chi connectivity index (χ2v) is 7.15. The largest absolute Gasteiger partial charge is 0.456 e. The second-order valence-electron chi connectivity index (χ2n) is 5.05. The molecule has 5 atom stereocenters. The van der Waals surface area contributed by atoms with E-state index >= 15 is 0 Å². The molecule has 1 saturated heterocycles. The van der Waals surface area contributed by atoms with Crippen LogP contribution in [-0.2, 0) is 38.1 Å². The molecule has 0 radical (unpaired) electrons. The molecule has 0 aromatic carbocycles. The molecule has 1 aliphatic rings. The van der Waals surface area contributed by atoms with E-state index in [0.29, 0.717) is 0 Å². The van der Waals surface area contributed by atoms with Gasteiger partial charge in [-0.1, -0.05) is 27.7 Å². The summed E-state index contributed by atoms with van der Waals surface area (Å²) >= 11 is 4.21. The van der Waals surface area contributed by atoms with Crippen molar-refractivity contribution in [1.82, 2.24) is 0 Å². The smallest absolute Gasteiger partial charge is 0.303 e. The van der Waals surface area contributed by atoms with Gasteiger partial charge in [-0.25, -0.2) is 0 Å². The standard InChI is InChI=1S/C14H19BrO8S/c1-6(16)20-11-10(5-24-9(4)19)23-14(15)13(22-8(3)18)12(11)21-7(2)17/h10-14H,5H2,1-4H3/t10-,11+,12+,13-,14-/m1/s1. The van der Waals surface area contributed by atoms with E-state index in [9.17, 15) is 19.2 Å². The summed E-state index contributed by atoms with van der Waals surface area (Å²) in [5, 5.41) is -0.937. The van der Waals surface area contributed by atoms with Gasteiger partial charge < -0.3 is 18.9 Å².